The zero-order valence-electron chi connectivity index (χ0n) is 19.9. The molecule has 184 valence electrons. The Morgan fingerprint density at radius 3 is 2.81 bits per heavy atom. The predicted octanol–water partition coefficient (Wildman–Crippen LogP) is 5.96. The maximum atomic E-state index is 13.6. The van der Waals surface area contributed by atoms with Crippen molar-refractivity contribution in [1.82, 2.24) is 19.7 Å². The first kappa shape index (κ1) is 22.1. The molecule has 3 aromatic heterocycles. The number of nitrogens with zero attached hydrogens (tertiary/aromatic N) is 5. The summed E-state index contributed by atoms with van der Waals surface area (Å²) in [4.78, 5) is 12.5. The van der Waals surface area contributed by atoms with Gasteiger partial charge in [-0.2, -0.15) is 5.10 Å². The van der Waals surface area contributed by atoms with Crippen molar-refractivity contribution in [3.05, 3.63) is 84.6 Å². The van der Waals surface area contributed by atoms with E-state index in [0.29, 0.717) is 6.54 Å². The summed E-state index contributed by atoms with van der Waals surface area (Å²) in [7, 11) is 0. The molecule has 1 aliphatic rings. The second kappa shape index (κ2) is 9.10. The number of fused-ring (bicyclic) bond motifs is 4. The Morgan fingerprint density at radius 1 is 1.00 bits per heavy atom. The summed E-state index contributed by atoms with van der Waals surface area (Å²) >= 11 is 1.68. The molecule has 0 atom stereocenters. The third kappa shape index (κ3) is 4.16. The number of aromatic nitrogens is 4. The lowest BCUT2D eigenvalue weighted by atomic mass is 10.1. The van der Waals surface area contributed by atoms with Gasteiger partial charge in [0.05, 0.1) is 36.9 Å². The maximum absolute atomic E-state index is 13.6. The number of hydrogen-bond acceptors (Lipinski definition) is 7. The lowest BCUT2D eigenvalue weighted by molar-refractivity contribution is 0.122. The molecule has 1 fully saturated rings. The molecule has 3 aromatic carbocycles. The van der Waals surface area contributed by atoms with Gasteiger partial charge in [0.1, 0.15) is 22.8 Å². The fourth-order valence-electron chi connectivity index (χ4n) is 4.94. The molecular weight excluding hydrogens is 487 g/mol. The van der Waals surface area contributed by atoms with Gasteiger partial charge >= 0.3 is 0 Å². The zero-order valence-corrected chi connectivity index (χ0v) is 20.7. The highest BCUT2D eigenvalue weighted by atomic mass is 32.1. The van der Waals surface area contributed by atoms with E-state index in [0.717, 1.165) is 69.9 Å². The van der Waals surface area contributed by atoms with Gasteiger partial charge in [-0.3, -0.25) is 4.68 Å². The molecule has 0 unspecified atom stereocenters. The monoisotopic (exact) mass is 510 g/mol. The number of nitrogens with one attached hydrogen (secondary N) is 1. The Kier molecular flexibility index (Phi) is 5.44. The van der Waals surface area contributed by atoms with Gasteiger partial charge in [-0.05, 0) is 48.0 Å². The van der Waals surface area contributed by atoms with Crippen LogP contribution >= 0.6 is 11.3 Å². The lowest BCUT2D eigenvalue weighted by Crippen LogP contribution is -2.36. The highest BCUT2D eigenvalue weighted by molar-refractivity contribution is 7.25. The summed E-state index contributed by atoms with van der Waals surface area (Å²) in [5.74, 6) is 0.539. The standard InChI is InChI=1S/C28H23FN6OS/c29-20-3-1-2-18(12-20)16-35-24-7-4-21(13-19(24)15-32-35)33-27-26-23-6-5-22(34-8-10-36-11-9-34)14-25(23)37-28(26)31-17-30-27/h1-7,12-15,17H,8-11,16H2,(H,30,31,33). The van der Waals surface area contributed by atoms with Gasteiger partial charge in [-0.15, -0.1) is 11.3 Å². The van der Waals surface area contributed by atoms with Crippen LogP contribution in [-0.4, -0.2) is 46.1 Å². The van der Waals surface area contributed by atoms with Gasteiger partial charge in [-0.1, -0.05) is 18.2 Å². The Morgan fingerprint density at radius 2 is 1.92 bits per heavy atom. The third-order valence-electron chi connectivity index (χ3n) is 6.76. The Hall–Kier alpha value is -4.08. The molecule has 0 radical (unpaired) electrons. The van der Waals surface area contributed by atoms with Crippen molar-refractivity contribution in [3.8, 4) is 0 Å². The first-order valence-electron chi connectivity index (χ1n) is 12.2. The summed E-state index contributed by atoms with van der Waals surface area (Å²) in [5, 5.41) is 11.2. The molecule has 0 amide bonds. The van der Waals surface area contributed by atoms with Gasteiger partial charge in [0, 0.05) is 39.9 Å². The van der Waals surface area contributed by atoms with E-state index in [1.54, 1.807) is 29.8 Å². The molecule has 37 heavy (non-hydrogen) atoms. The van der Waals surface area contributed by atoms with Crippen molar-refractivity contribution in [2.24, 2.45) is 0 Å². The van der Waals surface area contributed by atoms with E-state index in [2.05, 4.69) is 49.5 Å². The fourth-order valence-corrected chi connectivity index (χ4v) is 6.02. The molecule has 0 aliphatic carbocycles. The number of benzene rings is 3. The predicted molar refractivity (Wildman–Crippen MR) is 146 cm³/mol. The van der Waals surface area contributed by atoms with Gasteiger partial charge in [0.2, 0.25) is 0 Å². The molecule has 7 nitrogen and oxygen atoms in total. The molecule has 1 aliphatic heterocycles. The summed E-state index contributed by atoms with van der Waals surface area (Å²) in [6, 6.07) is 19.3. The minimum absolute atomic E-state index is 0.241. The zero-order chi connectivity index (χ0) is 24.8. The summed E-state index contributed by atoms with van der Waals surface area (Å²) in [5.41, 5.74) is 3.99. The third-order valence-corrected chi connectivity index (χ3v) is 7.82. The van der Waals surface area contributed by atoms with Crippen LogP contribution < -0.4 is 10.2 Å². The first-order chi connectivity index (χ1) is 18.2. The van der Waals surface area contributed by atoms with Crippen molar-refractivity contribution in [1.29, 1.82) is 0 Å². The van der Waals surface area contributed by atoms with Crippen LogP contribution in [0.5, 0.6) is 0 Å². The van der Waals surface area contributed by atoms with Crippen molar-refractivity contribution in [2.75, 3.05) is 36.5 Å². The van der Waals surface area contributed by atoms with Gasteiger partial charge in [0.25, 0.3) is 0 Å². The van der Waals surface area contributed by atoms with Gasteiger partial charge in [0.15, 0.2) is 0 Å². The SMILES string of the molecule is Fc1cccc(Cn2ncc3cc(Nc4ncnc5sc6cc(N7CCOCC7)ccc6c45)ccc32)c1. The average molecular weight is 511 g/mol. The van der Waals surface area contributed by atoms with E-state index in [1.165, 1.54) is 16.5 Å². The number of hydrogen-bond donors (Lipinski definition) is 1. The van der Waals surface area contributed by atoms with E-state index in [9.17, 15) is 4.39 Å². The van der Waals surface area contributed by atoms with Crippen LogP contribution in [0.25, 0.3) is 31.2 Å². The van der Waals surface area contributed by atoms with Crippen LogP contribution in [0, 0.1) is 5.82 Å². The van der Waals surface area contributed by atoms with Crippen LogP contribution in [-0.2, 0) is 11.3 Å². The van der Waals surface area contributed by atoms with Crippen LogP contribution in [0.3, 0.4) is 0 Å². The number of thiophene rings is 1. The molecule has 9 heteroatoms. The smallest absolute Gasteiger partial charge is 0.143 e. The van der Waals surface area contributed by atoms with Crippen LogP contribution in [0.4, 0.5) is 21.6 Å². The molecule has 6 aromatic rings. The van der Waals surface area contributed by atoms with Crippen molar-refractivity contribution in [2.45, 2.75) is 6.54 Å². The minimum atomic E-state index is -0.241. The molecular formula is C28H23FN6OS. The van der Waals surface area contributed by atoms with Crippen molar-refractivity contribution >= 4 is 59.7 Å². The van der Waals surface area contributed by atoms with Crippen LogP contribution in [0.15, 0.2) is 73.2 Å². The summed E-state index contributed by atoms with van der Waals surface area (Å²) < 4.78 is 22.2. The molecule has 0 saturated carbocycles. The molecule has 0 bridgehead atoms. The average Bonchev–Trinajstić information content (AvgIpc) is 3.50. The summed E-state index contributed by atoms with van der Waals surface area (Å²) in [6.07, 6.45) is 3.45. The van der Waals surface area contributed by atoms with Crippen molar-refractivity contribution in [3.63, 3.8) is 0 Å². The second-order valence-corrected chi connectivity index (χ2v) is 10.1. The molecule has 7 rings (SSSR count). The quantitative estimate of drug-likeness (QED) is 0.309. The van der Waals surface area contributed by atoms with Gasteiger partial charge in [-0.25, -0.2) is 14.4 Å². The van der Waals surface area contributed by atoms with Gasteiger partial charge < -0.3 is 15.0 Å². The minimum Gasteiger partial charge on any atom is -0.378 e. The highest BCUT2D eigenvalue weighted by Gasteiger charge is 2.16. The van der Waals surface area contributed by atoms with E-state index >= 15 is 0 Å². The number of ether oxygens (including phenoxy) is 1. The van der Waals surface area contributed by atoms with E-state index in [4.69, 9.17) is 4.74 Å². The molecule has 1 N–H and O–H groups in total. The fraction of sp³-hybridized carbons (Fsp3) is 0.179. The molecule has 0 spiro atoms. The van der Waals surface area contributed by atoms with Crippen molar-refractivity contribution < 1.29 is 9.13 Å². The number of rotatable bonds is 5. The molecule has 4 heterocycles. The first-order valence-corrected chi connectivity index (χ1v) is 13.0. The van der Waals surface area contributed by atoms with Crippen LogP contribution in [0.1, 0.15) is 5.56 Å². The van der Waals surface area contributed by atoms with E-state index < -0.39 is 0 Å². The Labute approximate surface area is 216 Å². The largest absolute Gasteiger partial charge is 0.378 e. The summed E-state index contributed by atoms with van der Waals surface area (Å²) in [6.45, 7) is 3.85. The Balaban J connectivity index is 1.20. The van der Waals surface area contributed by atoms with E-state index in [-0.39, 0.29) is 5.82 Å². The number of anilines is 3. The normalized spacial score (nSPS) is 14.1. The Bertz CT molecular complexity index is 1760. The molecule has 1 saturated heterocycles. The number of morpholine rings is 1. The second-order valence-electron chi connectivity index (χ2n) is 9.12. The van der Waals surface area contributed by atoms with E-state index in [1.807, 2.05) is 29.1 Å². The highest BCUT2D eigenvalue weighted by Crippen LogP contribution is 2.39. The maximum Gasteiger partial charge on any atom is 0.143 e. The lowest BCUT2D eigenvalue weighted by Gasteiger charge is -2.28. The van der Waals surface area contributed by atoms with Crippen LogP contribution in [0.2, 0.25) is 0 Å². The number of halogens is 1. The topological polar surface area (TPSA) is 68.1 Å².